The van der Waals surface area contributed by atoms with Crippen molar-refractivity contribution in [2.45, 2.75) is 0 Å². The van der Waals surface area contributed by atoms with Crippen LogP contribution < -0.4 is 0 Å². The monoisotopic (exact) mass is 309 g/mol. The van der Waals surface area contributed by atoms with E-state index in [-0.39, 0.29) is 22.1 Å². The summed E-state index contributed by atoms with van der Waals surface area (Å²) in [7, 11) is 0. The Morgan fingerprint density at radius 1 is 1.24 bits per heavy atom. The van der Waals surface area contributed by atoms with Crippen LogP contribution in [0.4, 0.5) is 8.78 Å². The summed E-state index contributed by atoms with van der Waals surface area (Å²) in [5, 5.41) is 9.37. The van der Waals surface area contributed by atoms with Gasteiger partial charge in [0.25, 0.3) is 0 Å². The normalized spacial score (nSPS) is 11.0. The molecule has 0 atom stereocenters. The van der Waals surface area contributed by atoms with Gasteiger partial charge in [-0.2, -0.15) is 0 Å². The third-order valence-electron chi connectivity index (χ3n) is 2.89. The highest BCUT2D eigenvalue weighted by molar-refractivity contribution is 6.34. The molecule has 0 aliphatic carbocycles. The molecule has 2 aromatic carbocycles. The van der Waals surface area contributed by atoms with Crippen molar-refractivity contribution in [2.75, 3.05) is 0 Å². The lowest BCUT2D eigenvalue weighted by atomic mass is 10.1. The molecule has 0 bridgehead atoms. The Balaban J connectivity index is 2.29. The second kappa shape index (κ2) is 4.82. The lowest BCUT2D eigenvalue weighted by molar-refractivity contribution is 0.0697. The maximum Gasteiger partial charge on any atom is 0.336 e. The van der Waals surface area contributed by atoms with E-state index in [1.807, 2.05) is 0 Å². The number of oxazole rings is 1. The van der Waals surface area contributed by atoms with Crippen LogP contribution in [0.25, 0.3) is 22.6 Å². The Morgan fingerprint density at radius 2 is 1.95 bits per heavy atom. The smallest absolute Gasteiger partial charge is 0.336 e. The van der Waals surface area contributed by atoms with Crippen molar-refractivity contribution >= 4 is 28.7 Å². The molecule has 1 aromatic heterocycles. The summed E-state index contributed by atoms with van der Waals surface area (Å²) >= 11 is 5.93. The van der Waals surface area contributed by atoms with E-state index in [0.717, 1.165) is 6.07 Å². The van der Waals surface area contributed by atoms with Crippen molar-refractivity contribution in [2.24, 2.45) is 0 Å². The van der Waals surface area contributed by atoms with Crippen LogP contribution >= 0.6 is 11.6 Å². The second-order valence-electron chi connectivity index (χ2n) is 4.22. The highest BCUT2D eigenvalue weighted by Gasteiger charge is 2.21. The van der Waals surface area contributed by atoms with Gasteiger partial charge in [0.1, 0.15) is 5.52 Å². The zero-order valence-corrected chi connectivity index (χ0v) is 11.0. The average molecular weight is 310 g/mol. The molecule has 0 fully saturated rings. The van der Waals surface area contributed by atoms with Gasteiger partial charge < -0.3 is 9.52 Å². The molecular formula is C14H6ClF2NO3. The Labute approximate surface area is 121 Å². The minimum atomic E-state index is -1.42. The molecule has 0 aliphatic rings. The lowest BCUT2D eigenvalue weighted by Gasteiger charge is -2.03. The fourth-order valence-corrected chi connectivity index (χ4v) is 2.14. The third kappa shape index (κ3) is 2.23. The number of halogens is 3. The number of carboxylic acids is 1. The number of hydrogen-bond acceptors (Lipinski definition) is 3. The molecule has 0 aliphatic heterocycles. The molecule has 4 nitrogen and oxygen atoms in total. The summed E-state index contributed by atoms with van der Waals surface area (Å²) in [6.45, 7) is 0. The van der Waals surface area contributed by atoms with E-state index in [9.17, 15) is 13.6 Å². The van der Waals surface area contributed by atoms with Crippen molar-refractivity contribution in [3.8, 4) is 11.5 Å². The summed E-state index contributed by atoms with van der Waals surface area (Å²) in [6.07, 6.45) is 0. The first kappa shape index (κ1) is 13.5. The molecule has 7 heteroatoms. The van der Waals surface area contributed by atoms with Crippen LogP contribution in [-0.2, 0) is 0 Å². The predicted octanol–water partition coefficient (Wildman–Crippen LogP) is 4.12. The second-order valence-corrected chi connectivity index (χ2v) is 4.63. The summed E-state index contributed by atoms with van der Waals surface area (Å²) in [6, 6.07) is 6.14. The third-order valence-corrected chi connectivity index (χ3v) is 3.19. The highest BCUT2D eigenvalue weighted by Crippen LogP contribution is 2.31. The molecule has 0 saturated heterocycles. The molecule has 1 N–H and O–H groups in total. The van der Waals surface area contributed by atoms with E-state index in [0.29, 0.717) is 11.6 Å². The molecule has 0 saturated carbocycles. The first-order chi connectivity index (χ1) is 9.97. The number of para-hydroxylation sites is 1. The summed E-state index contributed by atoms with van der Waals surface area (Å²) in [5.74, 6) is -4.01. The largest absolute Gasteiger partial charge is 0.478 e. The van der Waals surface area contributed by atoms with Crippen LogP contribution in [0.3, 0.4) is 0 Å². The van der Waals surface area contributed by atoms with Gasteiger partial charge >= 0.3 is 5.97 Å². The van der Waals surface area contributed by atoms with Crippen LogP contribution in [0, 0.1) is 11.6 Å². The van der Waals surface area contributed by atoms with Crippen LogP contribution in [0.5, 0.6) is 0 Å². The van der Waals surface area contributed by atoms with Crippen molar-refractivity contribution in [3.63, 3.8) is 0 Å². The number of rotatable bonds is 2. The van der Waals surface area contributed by atoms with Crippen molar-refractivity contribution < 1.29 is 23.1 Å². The molecule has 0 unspecified atom stereocenters. The number of carboxylic acid groups (broad SMARTS) is 1. The summed E-state index contributed by atoms with van der Waals surface area (Å²) in [4.78, 5) is 15.2. The van der Waals surface area contributed by atoms with E-state index in [4.69, 9.17) is 21.1 Å². The Bertz CT molecular complexity index is 876. The lowest BCUT2D eigenvalue weighted by Crippen LogP contribution is -2.02. The van der Waals surface area contributed by atoms with E-state index in [2.05, 4.69) is 4.98 Å². The standard InChI is InChI=1S/C14H6ClF2NO3/c15-8-2-1-3-11-12(8)21-13(18-11)6-4-9(16)10(17)5-7(6)14(19)20/h1-5H,(H,19,20). The average Bonchev–Trinajstić information content (AvgIpc) is 2.86. The van der Waals surface area contributed by atoms with Crippen LogP contribution in [0.1, 0.15) is 10.4 Å². The number of hydrogen-bond donors (Lipinski definition) is 1. The van der Waals surface area contributed by atoms with Crippen LogP contribution in [-0.4, -0.2) is 16.1 Å². The summed E-state index contributed by atoms with van der Waals surface area (Å²) < 4.78 is 31.9. The van der Waals surface area contributed by atoms with Crippen LogP contribution in [0.2, 0.25) is 5.02 Å². The van der Waals surface area contributed by atoms with Gasteiger partial charge in [0.2, 0.25) is 5.89 Å². The van der Waals surface area contributed by atoms with E-state index < -0.39 is 23.2 Å². The number of aromatic carboxylic acids is 1. The first-order valence-corrected chi connectivity index (χ1v) is 6.13. The maximum absolute atomic E-state index is 13.4. The molecule has 0 radical (unpaired) electrons. The van der Waals surface area contributed by atoms with Crippen LogP contribution in [0.15, 0.2) is 34.7 Å². The SMILES string of the molecule is O=C(O)c1cc(F)c(F)cc1-c1nc2cccc(Cl)c2o1. The summed E-state index contributed by atoms with van der Waals surface area (Å²) in [5.41, 5.74) is 0.0269. The van der Waals surface area contributed by atoms with Crippen molar-refractivity contribution in [1.29, 1.82) is 0 Å². The quantitative estimate of drug-likeness (QED) is 0.773. The van der Waals surface area contributed by atoms with Gasteiger partial charge in [-0.25, -0.2) is 18.6 Å². The molecule has 3 rings (SSSR count). The molecule has 0 spiro atoms. The Kier molecular flexibility index (Phi) is 3.10. The molecule has 106 valence electrons. The maximum atomic E-state index is 13.4. The highest BCUT2D eigenvalue weighted by atomic mass is 35.5. The topological polar surface area (TPSA) is 63.3 Å². The molecule has 0 amide bonds. The van der Waals surface area contributed by atoms with Gasteiger partial charge in [0, 0.05) is 0 Å². The first-order valence-electron chi connectivity index (χ1n) is 5.75. The van der Waals surface area contributed by atoms with Gasteiger partial charge in [0.15, 0.2) is 17.2 Å². The minimum Gasteiger partial charge on any atom is -0.478 e. The van der Waals surface area contributed by atoms with Crippen molar-refractivity contribution in [3.05, 3.63) is 52.6 Å². The number of nitrogens with zero attached hydrogens (tertiary/aromatic N) is 1. The zero-order valence-electron chi connectivity index (χ0n) is 10.2. The van der Waals surface area contributed by atoms with E-state index >= 15 is 0 Å². The fourth-order valence-electron chi connectivity index (χ4n) is 1.93. The van der Waals surface area contributed by atoms with Gasteiger partial charge in [-0.3, -0.25) is 0 Å². The minimum absolute atomic E-state index is 0.144. The fraction of sp³-hybridized carbons (Fsp3) is 0. The van der Waals surface area contributed by atoms with Gasteiger partial charge in [-0.05, 0) is 24.3 Å². The van der Waals surface area contributed by atoms with E-state index in [1.54, 1.807) is 18.2 Å². The zero-order chi connectivity index (χ0) is 15.1. The van der Waals surface area contributed by atoms with Gasteiger partial charge in [-0.15, -0.1) is 0 Å². The predicted molar refractivity (Wildman–Crippen MR) is 71.3 cm³/mol. The van der Waals surface area contributed by atoms with Gasteiger partial charge in [-0.1, -0.05) is 17.7 Å². The Hall–Kier alpha value is -2.47. The number of carbonyl (C=O) groups is 1. The number of benzene rings is 2. The molecule has 3 aromatic rings. The molecule has 1 heterocycles. The van der Waals surface area contributed by atoms with Crippen molar-refractivity contribution in [1.82, 2.24) is 4.98 Å². The number of aromatic nitrogens is 1. The molecule has 21 heavy (non-hydrogen) atoms. The Morgan fingerprint density at radius 3 is 2.62 bits per heavy atom. The molecular weight excluding hydrogens is 304 g/mol. The van der Waals surface area contributed by atoms with Gasteiger partial charge in [0.05, 0.1) is 16.1 Å². The van der Waals surface area contributed by atoms with E-state index in [1.165, 1.54) is 0 Å². The number of fused-ring (bicyclic) bond motifs is 1.